The summed E-state index contributed by atoms with van der Waals surface area (Å²) in [4.78, 5) is 22.5. The first-order valence-corrected chi connectivity index (χ1v) is 6.99. The molecule has 0 aliphatic rings. The molecule has 0 atom stereocenters. The van der Waals surface area contributed by atoms with E-state index in [1.165, 1.54) is 18.2 Å². The highest BCUT2D eigenvalue weighted by molar-refractivity contribution is 9.10. The summed E-state index contributed by atoms with van der Waals surface area (Å²) >= 11 is 3.09. The quantitative estimate of drug-likeness (QED) is 0.420. The van der Waals surface area contributed by atoms with Crippen molar-refractivity contribution in [1.29, 1.82) is 0 Å². The third-order valence-electron chi connectivity index (χ3n) is 2.89. The summed E-state index contributed by atoms with van der Waals surface area (Å²) < 4.78 is 13.9. The number of nitro groups is 1. The minimum Gasteiger partial charge on any atom is -0.423 e. The molecule has 0 aliphatic heterocycles. The molecule has 0 bridgehead atoms. The average Bonchev–Trinajstić information content (AvgIpc) is 2.48. The van der Waals surface area contributed by atoms with Crippen LogP contribution in [0.4, 0.5) is 15.8 Å². The second kappa shape index (κ2) is 6.86. The first kappa shape index (κ1) is 17.1. The zero-order chi connectivity index (χ0) is 17.1. The summed E-state index contributed by atoms with van der Waals surface area (Å²) in [5.41, 5.74) is -0.823. The van der Waals surface area contributed by atoms with Crippen molar-refractivity contribution in [3.05, 3.63) is 62.4 Å². The SMILES string of the molecule is O=C(Nc1ccc(Br)cc1[N+](=O)[O-])c1cc(F)cc(B(O)O)c1. The first-order valence-electron chi connectivity index (χ1n) is 6.20. The second-order valence-corrected chi connectivity index (χ2v) is 5.44. The number of benzene rings is 2. The maximum atomic E-state index is 13.4. The van der Waals surface area contributed by atoms with Gasteiger partial charge in [-0.2, -0.15) is 0 Å². The van der Waals surface area contributed by atoms with Crippen molar-refractivity contribution in [3.8, 4) is 0 Å². The Morgan fingerprint density at radius 3 is 2.57 bits per heavy atom. The number of nitrogens with zero attached hydrogens (tertiary/aromatic N) is 1. The number of carbonyl (C=O) groups excluding carboxylic acids is 1. The summed E-state index contributed by atoms with van der Waals surface area (Å²) in [5, 5.41) is 31.4. The van der Waals surface area contributed by atoms with Crippen LogP contribution in [0.3, 0.4) is 0 Å². The van der Waals surface area contributed by atoms with Crippen molar-refractivity contribution >= 4 is 45.8 Å². The molecule has 118 valence electrons. The minimum atomic E-state index is -1.95. The number of rotatable bonds is 4. The van der Waals surface area contributed by atoms with Gasteiger partial charge in [-0.1, -0.05) is 15.9 Å². The highest BCUT2D eigenvalue weighted by Gasteiger charge is 2.20. The topological polar surface area (TPSA) is 113 Å². The minimum absolute atomic E-state index is 0.0708. The number of hydrogen-bond acceptors (Lipinski definition) is 5. The van der Waals surface area contributed by atoms with Crippen molar-refractivity contribution in [2.75, 3.05) is 5.32 Å². The maximum absolute atomic E-state index is 13.4. The summed E-state index contributed by atoms with van der Waals surface area (Å²) in [7, 11) is -1.95. The number of carbonyl (C=O) groups is 1. The molecule has 3 N–H and O–H groups in total. The molecule has 0 unspecified atom stereocenters. The zero-order valence-corrected chi connectivity index (χ0v) is 12.9. The van der Waals surface area contributed by atoms with Crippen LogP contribution < -0.4 is 10.8 Å². The number of nitro benzene ring substituents is 1. The van der Waals surface area contributed by atoms with Crippen molar-refractivity contribution in [3.63, 3.8) is 0 Å². The van der Waals surface area contributed by atoms with Gasteiger partial charge in [-0.25, -0.2) is 4.39 Å². The first-order chi connectivity index (χ1) is 10.8. The molecule has 23 heavy (non-hydrogen) atoms. The van der Waals surface area contributed by atoms with Crippen LogP contribution in [0, 0.1) is 15.9 Å². The lowest BCUT2D eigenvalue weighted by molar-refractivity contribution is -0.384. The van der Waals surface area contributed by atoms with E-state index in [-0.39, 0.29) is 22.4 Å². The molecule has 0 radical (unpaired) electrons. The molecule has 0 spiro atoms. The zero-order valence-electron chi connectivity index (χ0n) is 11.4. The molecule has 0 fully saturated rings. The van der Waals surface area contributed by atoms with Crippen LogP contribution in [0.5, 0.6) is 0 Å². The average molecular weight is 383 g/mol. The molecule has 0 aliphatic carbocycles. The Hall–Kier alpha value is -2.30. The Balaban J connectivity index is 2.35. The molecule has 0 saturated heterocycles. The van der Waals surface area contributed by atoms with Crippen LogP contribution in [0.15, 0.2) is 40.9 Å². The largest absolute Gasteiger partial charge is 0.488 e. The van der Waals surface area contributed by atoms with E-state index in [4.69, 9.17) is 10.0 Å². The van der Waals surface area contributed by atoms with Gasteiger partial charge in [-0.05, 0) is 35.8 Å². The molecule has 0 heterocycles. The van der Waals surface area contributed by atoms with Gasteiger partial charge >= 0.3 is 7.12 Å². The lowest BCUT2D eigenvalue weighted by Crippen LogP contribution is -2.31. The van der Waals surface area contributed by atoms with Crippen LogP contribution in [0.2, 0.25) is 0 Å². The van der Waals surface area contributed by atoms with Gasteiger partial charge in [0, 0.05) is 16.1 Å². The third kappa shape index (κ3) is 4.12. The number of halogens is 2. The fourth-order valence-electron chi connectivity index (χ4n) is 1.85. The smallest absolute Gasteiger partial charge is 0.423 e. The second-order valence-electron chi connectivity index (χ2n) is 4.52. The molecule has 2 aromatic rings. The Kier molecular flexibility index (Phi) is 5.09. The van der Waals surface area contributed by atoms with E-state index in [1.54, 1.807) is 0 Å². The van der Waals surface area contributed by atoms with E-state index in [1.807, 2.05) is 0 Å². The van der Waals surface area contributed by atoms with Crippen LogP contribution in [0.1, 0.15) is 10.4 Å². The van der Waals surface area contributed by atoms with E-state index in [0.29, 0.717) is 4.47 Å². The third-order valence-corrected chi connectivity index (χ3v) is 3.38. The van der Waals surface area contributed by atoms with E-state index < -0.39 is 23.8 Å². The summed E-state index contributed by atoms with van der Waals surface area (Å²) in [6.07, 6.45) is 0. The monoisotopic (exact) mass is 382 g/mol. The molecular weight excluding hydrogens is 374 g/mol. The van der Waals surface area contributed by atoms with E-state index in [2.05, 4.69) is 21.2 Å². The highest BCUT2D eigenvalue weighted by atomic mass is 79.9. The number of hydrogen-bond donors (Lipinski definition) is 3. The van der Waals surface area contributed by atoms with Crippen molar-refractivity contribution in [1.82, 2.24) is 0 Å². The Labute approximate surface area is 138 Å². The van der Waals surface area contributed by atoms with Gasteiger partial charge in [-0.15, -0.1) is 0 Å². The van der Waals surface area contributed by atoms with Crippen molar-refractivity contribution in [2.45, 2.75) is 0 Å². The number of nitrogens with one attached hydrogen (secondary N) is 1. The predicted octanol–water partition coefficient (Wildman–Crippen LogP) is 1.43. The molecular formula is C13H9BBrFN2O5. The molecule has 0 aromatic heterocycles. The normalized spacial score (nSPS) is 10.3. The Morgan fingerprint density at radius 1 is 1.26 bits per heavy atom. The van der Waals surface area contributed by atoms with Crippen molar-refractivity contribution < 1.29 is 24.2 Å². The van der Waals surface area contributed by atoms with Gasteiger partial charge in [0.25, 0.3) is 11.6 Å². The van der Waals surface area contributed by atoms with Gasteiger partial charge in [0.05, 0.1) is 4.92 Å². The Morgan fingerprint density at radius 2 is 1.96 bits per heavy atom. The van der Waals surface area contributed by atoms with Gasteiger partial charge < -0.3 is 15.4 Å². The number of amides is 1. The predicted molar refractivity (Wildman–Crippen MR) is 85.0 cm³/mol. The summed E-state index contributed by atoms with van der Waals surface area (Å²) in [6, 6.07) is 6.85. The van der Waals surface area contributed by atoms with Crippen LogP contribution in [-0.4, -0.2) is 28.0 Å². The molecule has 0 saturated carbocycles. The molecule has 7 nitrogen and oxygen atoms in total. The lowest BCUT2D eigenvalue weighted by atomic mass is 9.79. The van der Waals surface area contributed by atoms with Crippen LogP contribution in [-0.2, 0) is 0 Å². The van der Waals surface area contributed by atoms with Crippen molar-refractivity contribution in [2.24, 2.45) is 0 Å². The summed E-state index contributed by atoms with van der Waals surface area (Å²) in [5.74, 6) is -1.66. The van der Waals surface area contributed by atoms with Gasteiger partial charge in [0.1, 0.15) is 11.5 Å². The fourth-order valence-corrected chi connectivity index (χ4v) is 2.20. The van der Waals surface area contributed by atoms with Gasteiger partial charge in [0.15, 0.2) is 0 Å². The lowest BCUT2D eigenvalue weighted by Gasteiger charge is -2.08. The van der Waals surface area contributed by atoms with Gasteiger partial charge in [0.2, 0.25) is 0 Å². The summed E-state index contributed by atoms with van der Waals surface area (Å²) in [6.45, 7) is 0. The molecule has 2 aromatic carbocycles. The van der Waals surface area contributed by atoms with E-state index in [0.717, 1.165) is 18.2 Å². The standard InChI is InChI=1S/C13H9BBrFN2O5/c15-9-1-2-11(12(6-9)18(22)23)17-13(19)7-3-8(14(20)21)5-10(16)4-7/h1-6,20-21H,(H,17,19). The Bertz CT molecular complexity index is 787. The molecule has 1 amide bonds. The number of anilines is 1. The van der Waals surface area contributed by atoms with Crippen LogP contribution in [0.25, 0.3) is 0 Å². The molecule has 2 rings (SSSR count). The maximum Gasteiger partial charge on any atom is 0.488 e. The highest BCUT2D eigenvalue weighted by Crippen LogP contribution is 2.28. The molecule has 10 heteroatoms. The van der Waals surface area contributed by atoms with E-state index in [9.17, 15) is 19.3 Å². The van der Waals surface area contributed by atoms with Gasteiger partial charge in [-0.3, -0.25) is 14.9 Å². The van der Waals surface area contributed by atoms with E-state index >= 15 is 0 Å². The van der Waals surface area contributed by atoms with Crippen LogP contribution >= 0.6 is 15.9 Å². The fraction of sp³-hybridized carbons (Fsp3) is 0.